The molecule has 0 unspecified atom stereocenters. The molecule has 1 fully saturated rings. The lowest BCUT2D eigenvalue weighted by Crippen LogP contribution is -2.40. The molecule has 0 N–H and O–H groups in total. The lowest BCUT2D eigenvalue weighted by Gasteiger charge is -2.27. The summed E-state index contributed by atoms with van der Waals surface area (Å²) in [5, 5.41) is 0. The highest BCUT2D eigenvalue weighted by Crippen LogP contribution is 2.35. The summed E-state index contributed by atoms with van der Waals surface area (Å²) in [5.41, 5.74) is 2.05. The molecule has 1 saturated carbocycles. The van der Waals surface area contributed by atoms with Crippen molar-refractivity contribution in [3.63, 3.8) is 0 Å². The third kappa shape index (κ3) is 3.74. The van der Waals surface area contributed by atoms with Gasteiger partial charge in [0.2, 0.25) is 0 Å². The van der Waals surface area contributed by atoms with E-state index in [0.29, 0.717) is 13.0 Å². The summed E-state index contributed by atoms with van der Waals surface area (Å²) in [6, 6.07) is 8.47. The topological polar surface area (TPSA) is 26.3 Å². The lowest BCUT2D eigenvalue weighted by molar-refractivity contribution is -0.142. The Labute approximate surface area is 128 Å². The summed E-state index contributed by atoms with van der Waals surface area (Å²) >= 11 is 0. The summed E-state index contributed by atoms with van der Waals surface area (Å²) in [6.45, 7) is 9.21. The van der Waals surface area contributed by atoms with Gasteiger partial charge in [-0.1, -0.05) is 45.0 Å². The van der Waals surface area contributed by atoms with E-state index in [9.17, 15) is 4.79 Å². The van der Waals surface area contributed by atoms with Crippen molar-refractivity contribution in [1.82, 2.24) is 0 Å². The molecule has 1 aliphatic carbocycles. The van der Waals surface area contributed by atoms with Crippen molar-refractivity contribution in [1.29, 1.82) is 0 Å². The minimum Gasteiger partial charge on any atom is -0.367 e. The minimum absolute atomic E-state index is 0.153. The second-order valence-corrected chi connectivity index (χ2v) is 7.18. The van der Waals surface area contributed by atoms with Gasteiger partial charge in [0.25, 0.3) is 0 Å². The molecule has 0 aromatic heterocycles. The zero-order chi connectivity index (χ0) is 15.5. The Hall–Kier alpha value is -1.15. The van der Waals surface area contributed by atoms with Crippen LogP contribution in [0.5, 0.6) is 0 Å². The lowest BCUT2D eigenvalue weighted by atomic mass is 9.85. The Morgan fingerprint density at radius 2 is 1.71 bits per heavy atom. The average Bonchev–Trinajstić information content (AvgIpc) is 2.89. The van der Waals surface area contributed by atoms with Crippen LogP contribution in [-0.2, 0) is 21.4 Å². The Bertz CT molecular complexity index is 473. The predicted molar refractivity (Wildman–Crippen MR) is 86.7 cm³/mol. The van der Waals surface area contributed by atoms with E-state index in [-0.39, 0.29) is 11.2 Å². The van der Waals surface area contributed by atoms with Gasteiger partial charge in [0.05, 0.1) is 0 Å². The quantitative estimate of drug-likeness (QED) is 0.800. The van der Waals surface area contributed by atoms with E-state index in [4.69, 9.17) is 4.74 Å². The summed E-state index contributed by atoms with van der Waals surface area (Å²) < 4.78 is 5.85. The number of ketones is 1. The van der Waals surface area contributed by atoms with Gasteiger partial charge in [0, 0.05) is 13.0 Å². The predicted octanol–water partition coefficient (Wildman–Crippen LogP) is 4.45. The summed E-state index contributed by atoms with van der Waals surface area (Å²) in [4.78, 5) is 12.7. The molecular formula is C19H28O2. The molecule has 116 valence electrons. The molecule has 2 rings (SSSR count). The first-order valence-corrected chi connectivity index (χ1v) is 8.14. The average molecular weight is 288 g/mol. The fourth-order valence-electron chi connectivity index (χ4n) is 3.20. The maximum absolute atomic E-state index is 12.7. The largest absolute Gasteiger partial charge is 0.367 e. The van der Waals surface area contributed by atoms with Crippen molar-refractivity contribution in [2.75, 3.05) is 6.61 Å². The van der Waals surface area contributed by atoms with E-state index >= 15 is 0 Å². The molecule has 0 heterocycles. The van der Waals surface area contributed by atoms with Crippen LogP contribution in [0.4, 0.5) is 0 Å². The molecular weight excluding hydrogens is 260 g/mol. The molecule has 0 bridgehead atoms. The van der Waals surface area contributed by atoms with Gasteiger partial charge in [0.15, 0.2) is 5.78 Å². The zero-order valence-electron chi connectivity index (χ0n) is 13.9. The Balaban J connectivity index is 2.08. The van der Waals surface area contributed by atoms with Crippen LogP contribution < -0.4 is 0 Å². The molecule has 1 aromatic carbocycles. The number of hydrogen-bond acceptors (Lipinski definition) is 2. The number of rotatable bonds is 5. The van der Waals surface area contributed by atoms with Crippen LogP contribution in [0, 0.1) is 0 Å². The summed E-state index contributed by atoms with van der Waals surface area (Å²) in [5.74, 6) is 0.255. The molecule has 2 heteroatoms. The highest BCUT2D eigenvalue weighted by atomic mass is 16.5. The van der Waals surface area contributed by atoms with Crippen LogP contribution in [0.3, 0.4) is 0 Å². The fourth-order valence-corrected chi connectivity index (χ4v) is 3.20. The monoisotopic (exact) mass is 288 g/mol. The molecule has 21 heavy (non-hydrogen) atoms. The smallest absolute Gasteiger partial charge is 0.168 e. The Morgan fingerprint density at radius 1 is 1.14 bits per heavy atom. The molecule has 0 atom stereocenters. The molecule has 2 nitrogen and oxygen atoms in total. The highest BCUT2D eigenvalue weighted by Gasteiger charge is 2.41. The van der Waals surface area contributed by atoms with Gasteiger partial charge in [-0.3, -0.25) is 4.79 Å². The van der Waals surface area contributed by atoms with Gasteiger partial charge in [-0.05, 0) is 49.1 Å². The Kier molecular flexibility index (Phi) is 4.88. The van der Waals surface area contributed by atoms with Crippen molar-refractivity contribution in [2.24, 2.45) is 0 Å². The van der Waals surface area contributed by atoms with Gasteiger partial charge in [-0.15, -0.1) is 0 Å². The van der Waals surface area contributed by atoms with Crippen LogP contribution in [0.1, 0.15) is 64.5 Å². The van der Waals surface area contributed by atoms with Crippen LogP contribution in [0.15, 0.2) is 24.3 Å². The van der Waals surface area contributed by atoms with Gasteiger partial charge in [0.1, 0.15) is 5.60 Å². The molecule has 0 aliphatic heterocycles. The zero-order valence-corrected chi connectivity index (χ0v) is 13.9. The van der Waals surface area contributed by atoms with E-state index < -0.39 is 5.60 Å². The summed E-state index contributed by atoms with van der Waals surface area (Å²) in [7, 11) is 0. The third-order valence-electron chi connectivity index (χ3n) is 4.52. The number of hydrogen-bond donors (Lipinski definition) is 0. The van der Waals surface area contributed by atoms with Crippen LogP contribution >= 0.6 is 0 Å². The number of carbonyl (C=O) groups excluding carboxylic acids is 1. The SMILES string of the molecule is CCOC1(C(=O)Cc2ccc(C(C)(C)C)cc2)CCCC1. The highest BCUT2D eigenvalue weighted by molar-refractivity contribution is 5.89. The number of benzene rings is 1. The minimum atomic E-state index is -0.503. The van der Waals surface area contributed by atoms with E-state index in [2.05, 4.69) is 45.0 Å². The van der Waals surface area contributed by atoms with Crippen molar-refractivity contribution < 1.29 is 9.53 Å². The second kappa shape index (κ2) is 6.31. The van der Waals surface area contributed by atoms with Gasteiger partial charge in [-0.25, -0.2) is 0 Å². The number of ether oxygens (including phenoxy) is 1. The van der Waals surface area contributed by atoms with E-state index in [0.717, 1.165) is 31.2 Å². The first-order valence-electron chi connectivity index (χ1n) is 8.14. The van der Waals surface area contributed by atoms with Gasteiger partial charge < -0.3 is 4.74 Å². The van der Waals surface area contributed by atoms with Crippen LogP contribution in [-0.4, -0.2) is 18.0 Å². The maximum atomic E-state index is 12.7. The van der Waals surface area contributed by atoms with Crippen molar-refractivity contribution in [2.45, 2.75) is 70.8 Å². The van der Waals surface area contributed by atoms with Gasteiger partial charge >= 0.3 is 0 Å². The van der Waals surface area contributed by atoms with E-state index in [1.165, 1.54) is 5.56 Å². The molecule has 0 saturated heterocycles. The first-order chi connectivity index (χ1) is 9.87. The standard InChI is InChI=1S/C19H28O2/c1-5-21-19(12-6-7-13-19)17(20)14-15-8-10-16(11-9-15)18(2,3)4/h8-11H,5-7,12-14H2,1-4H3. The van der Waals surface area contributed by atoms with Gasteiger partial charge in [-0.2, -0.15) is 0 Å². The second-order valence-electron chi connectivity index (χ2n) is 7.18. The van der Waals surface area contributed by atoms with Crippen molar-refractivity contribution in [3.8, 4) is 0 Å². The molecule has 0 spiro atoms. The maximum Gasteiger partial charge on any atom is 0.168 e. The van der Waals surface area contributed by atoms with E-state index in [1.54, 1.807) is 0 Å². The van der Waals surface area contributed by atoms with Crippen molar-refractivity contribution >= 4 is 5.78 Å². The number of carbonyl (C=O) groups is 1. The molecule has 1 aromatic rings. The third-order valence-corrected chi connectivity index (χ3v) is 4.52. The van der Waals surface area contributed by atoms with E-state index in [1.807, 2.05) is 6.92 Å². The molecule has 0 radical (unpaired) electrons. The summed E-state index contributed by atoms with van der Waals surface area (Å²) in [6.07, 6.45) is 4.48. The first kappa shape index (κ1) is 16.2. The molecule has 0 amide bonds. The normalized spacial score (nSPS) is 17.9. The fraction of sp³-hybridized carbons (Fsp3) is 0.632. The van der Waals surface area contributed by atoms with Crippen LogP contribution in [0.2, 0.25) is 0 Å². The molecule has 1 aliphatic rings. The van der Waals surface area contributed by atoms with Crippen molar-refractivity contribution in [3.05, 3.63) is 35.4 Å². The number of Topliss-reactive ketones (excluding diaryl/α,β-unsaturated/α-hetero) is 1. The van der Waals surface area contributed by atoms with Crippen LogP contribution in [0.25, 0.3) is 0 Å². The Morgan fingerprint density at radius 3 is 2.19 bits per heavy atom.